The van der Waals surface area contributed by atoms with Gasteiger partial charge < -0.3 is 14.0 Å². The summed E-state index contributed by atoms with van der Waals surface area (Å²) >= 11 is 0. The molecule has 0 N–H and O–H groups in total. The van der Waals surface area contributed by atoms with Crippen LogP contribution in [0.1, 0.15) is 0 Å². The van der Waals surface area contributed by atoms with Crippen molar-refractivity contribution >= 4 is 21.8 Å². The van der Waals surface area contributed by atoms with Gasteiger partial charge in [-0.2, -0.15) is 0 Å². The molecule has 1 aromatic heterocycles. The van der Waals surface area contributed by atoms with E-state index in [2.05, 4.69) is 156 Å². The van der Waals surface area contributed by atoms with Crippen molar-refractivity contribution in [2.24, 2.45) is 0 Å². The molecule has 0 saturated heterocycles. The Kier molecular flexibility index (Phi) is 6.81. The van der Waals surface area contributed by atoms with Crippen molar-refractivity contribution in [3.8, 4) is 73.2 Å². The summed E-state index contributed by atoms with van der Waals surface area (Å²) in [5.74, 6) is 3.09. The molecule has 9 aromatic rings. The SMILES string of the molecule is c1ccc(-c2ccc3c(c2)Oc2cc(-c4ccc5c6ccccc6n(-c6ccccc6)c5c4)ccc2-c2ccccc2Oc2ccccc2-3)cc1. The molecule has 2 heterocycles. The summed E-state index contributed by atoms with van der Waals surface area (Å²) in [7, 11) is 0. The van der Waals surface area contributed by atoms with Gasteiger partial charge in [0.15, 0.2) is 0 Å². The van der Waals surface area contributed by atoms with Gasteiger partial charge in [0.25, 0.3) is 0 Å². The number of benzene rings is 8. The van der Waals surface area contributed by atoms with Crippen LogP contribution in [0.2, 0.25) is 0 Å². The Balaban J connectivity index is 1.19. The Morgan fingerprint density at radius 2 is 0.765 bits per heavy atom. The molecule has 0 aliphatic carbocycles. The minimum atomic E-state index is 0.762. The lowest BCUT2D eigenvalue weighted by Crippen LogP contribution is -1.98. The summed E-state index contributed by atoms with van der Waals surface area (Å²) in [6.45, 7) is 0. The molecule has 3 heteroatoms. The van der Waals surface area contributed by atoms with E-state index < -0.39 is 0 Å². The molecule has 0 saturated carbocycles. The lowest BCUT2D eigenvalue weighted by Gasteiger charge is -2.22. The maximum Gasteiger partial charge on any atom is 0.136 e. The van der Waals surface area contributed by atoms with E-state index in [1.54, 1.807) is 0 Å². The van der Waals surface area contributed by atoms with Crippen molar-refractivity contribution in [1.29, 1.82) is 0 Å². The zero-order chi connectivity index (χ0) is 33.7. The number of hydrogen-bond donors (Lipinski definition) is 0. The molecule has 1 aliphatic rings. The first-order valence-corrected chi connectivity index (χ1v) is 17.3. The van der Waals surface area contributed by atoms with Crippen LogP contribution < -0.4 is 9.47 Å². The van der Waals surface area contributed by atoms with Crippen LogP contribution in [-0.4, -0.2) is 4.57 Å². The van der Waals surface area contributed by atoms with Crippen LogP contribution in [0.25, 0.3) is 72.0 Å². The number of fused-ring (bicyclic) bond motifs is 9. The van der Waals surface area contributed by atoms with Crippen molar-refractivity contribution < 1.29 is 9.47 Å². The summed E-state index contributed by atoms with van der Waals surface area (Å²) < 4.78 is 16.2. The lowest BCUT2D eigenvalue weighted by molar-refractivity contribution is 0.472. The smallest absolute Gasteiger partial charge is 0.136 e. The van der Waals surface area contributed by atoms with Crippen LogP contribution in [0.4, 0.5) is 0 Å². The molecular formula is C48H31NO2. The predicted molar refractivity (Wildman–Crippen MR) is 209 cm³/mol. The third kappa shape index (κ3) is 4.98. The average molecular weight is 654 g/mol. The van der Waals surface area contributed by atoms with Gasteiger partial charge in [-0.1, -0.05) is 127 Å². The number of para-hydroxylation sites is 4. The van der Waals surface area contributed by atoms with Gasteiger partial charge in [0.05, 0.1) is 11.0 Å². The Hall–Kier alpha value is -6.84. The number of hydrogen-bond acceptors (Lipinski definition) is 2. The van der Waals surface area contributed by atoms with Gasteiger partial charge in [-0.25, -0.2) is 0 Å². The zero-order valence-corrected chi connectivity index (χ0v) is 27.7. The molecule has 0 spiro atoms. The summed E-state index contributed by atoms with van der Waals surface area (Å²) in [4.78, 5) is 0. The first-order valence-electron chi connectivity index (χ1n) is 17.3. The fourth-order valence-electron chi connectivity index (χ4n) is 7.45. The maximum atomic E-state index is 7.12. The van der Waals surface area contributed by atoms with Gasteiger partial charge >= 0.3 is 0 Å². The highest BCUT2D eigenvalue weighted by molar-refractivity contribution is 6.10. The molecule has 1 aliphatic heterocycles. The van der Waals surface area contributed by atoms with E-state index in [9.17, 15) is 0 Å². The second-order valence-electron chi connectivity index (χ2n) is 12.9. The molecule has 10 rings (SSSR count). The van der Waals surface area contributed by atoms with Crippen molar-refractivity contribution in [2.75, 3.05) is 0 Å². The van der Waals surface area contributed by atoms with Crippen molar-refractivity contribution in [2.45, 2.75) is 0 Å². The molecule has 8 aromatic carbocycles. The highest BCUT2D eigenvalue weighted by atomic mass is 16.5. The van der Waals surface area contributed by atoms with E-state index in [0.717, 1.165) is 78.7 Å². The molecule has 240 valence electrons. The maximum absolute atomic E-state index is 7.12. The zero-order valence-electron chi connectivity index (χ0n) is 27.7. The second-order valence-corrected chi connectivity index (χ2v) is 12.9. The Labute approximate surface area is 296 Å². The first kappa shape index (κ1) is 29.1. The molecule has 0 bridgehead atoms. The third-order valence-electron chi connectivity index (χ3n) is 9.89. The average Bonchev–Trinajstić information content (AvgIpc) is 3.53. The van der Waals surface area contributed by atoms with Crippen LogP contribution in [0.3, 0.4) is 0 Å². The fraction of sp³-hybridized carbons (Fsp3) is 0. The quantitative estimate of drug-likeness (QED) is 0.189. The van der Waals surface area contributed by atoms with Crippen molar-refractivity contribution in [3.63, 3.8) is 0 Å². The first-order chi connectivity index (χ1) is 25.3. The van der Waals surface area contributed by atoms with Crippen molar-refractivity contribution in [1.82, 2.24) is 4.57 Å². The molecule has 51 heavy (non-hydrogen) atoms. The predicted octanol–water partition coefficient (Wildman–Crippen LogP) is 13.3. The van der Waals surface area contributed by atoms with Gasteiger partial charge in [0.2, 0.25) is 0 Å². The lowest BCUT2D eigenvalue weighted by atomic mass is 9.96. The number of nitrogens with zero attached hydrogens (tertiary/aromatic N) is 1. The Morgan fingerprint density at radius 3 is 1.45 bits per heavy atom. The van der Waals surface area contributed by atoms with Gasteiger partial charge in [-0.05, 0) is 82.9 Å². The Bertz CT molecular complexity index is 2740. The van der Waals surface area contributed by atoms with Gasteiger partial charge in [0, 0.05) is 38.7 Å². The Morgan fingerprint density at radius 1 is 0.294 bits per heavy atom. The van der Waals surface area contributed by atoms with Crippen LogP contribution in [0.15, 0.2) is 188 Å². The molecule has 0 unspecified atom stereocenters. The molecule has 0 fully saturated rings. The number of aromatic nitrogens is 1. The van der Waals surface area contributed by atoms with Crippen LogP contribution in [0, 0.1) is 0 Å². The number of rotatable bonds is 3. The topological polar surface area (TPSA) is 23.4 Å². The van der Waals surface area contributed by atoms with Gasteiger partial charge in [-0.15, -0.1) is 0 Å². The summed E-state index contributed by atoms with van der Waals surface area (Å²) in [6.07, 6.45) is 0. The summed E-state index contributed by atoms with van der Waals surface area (Å²) in [6, 6.07) is 65.8. The van der Waals surface area contributed by atoms with Crippen molar-refractivity contribution in [3.05, 3.63) is 188 Å². The normalized spacial score (nSPS) is 11.8. The fourth-order valence-corrected chi connectivity index (χ4v) is 7.45. The highest BCUT2D eigenvalue weighted by Crippen LogP contribution is 2.48. The largest absolute Gasteiger partial charge is 0.456 e. The van der Waals surface area contributed by atoms with E-state index >= 15 is 0 Å². The van der Waals surface area contributed by atoms with E-state index in [4.69, 9.17) is 9.47 Å². The standard InChI is InChI=1S/C48H31NO2/c1-3-13-32(14-4-1)34-24-27-41-39-18-8-11-21-45(39)50-46-22-12-9-19-40(46)42-28-25-35(31-48(42)51-47(41)30-34)33-23-26-38-37-17-7-10-20-43(37)49(44(38)29-33)36-15-5-2-6-16-36/h1-31H. The third-order valence-corrected chi connectivity index (χ3v) is 9.89. The van der Waals surface area contributed by atoms with Gasteiger partial charge in [0.1, 0.15) is 23.0 Å². The van der Waals surface area contributed by atoms with Crippen LogP contribution in [-0.2, 0) is 0 Å². The minimum absolute atomic E-state index is 0.762. The molecule has 0 atom stereocenters. The van der Waals surface area contributed by atoms with E-state index in [1.807, 2.05) is 36.4 Å². The number of ether oxygens (including phenoxy) is 2. The van der Waals surface area contributed by atoms with Crippen LogP contribution >= 0.6 is 0 Å². The van der Waals surface area contributed by atoms with E-state index in [0.29, 0.717) is 0 Å². The van der Waals surface area contributed by atoms with E-state index in [1.165, 1.54) is 16.3 Å². The molecular weight excluding hydrogens is 623 g/mol. The van der Waals surface area contributed by atoms with E-state index in [-0.39, 0.29) is 0 Å². The minimum Gasteiger partial charge on any atom is -0.456 e. The van der Waals surface area contributed by atoms with Gasteiger partial charge in [-0.3, -0.25) is 0 Å². The second kappa shape index (κ2) is 11.9. The summed E-state index contributed by atoms with van der Waals surface area (Å²) in [5.41, 5.74) is 11.8. The molecule has 3 nitrogen and oxygen atoms in total. The molecule has 0 amide bonds. The monoisotopic (exact) mass is 653 g/mol. The summed E-state index contributed by atoms with van der Waals surface area (Å²) in [5, 5.41) is 2.46. The van der Waals surface area contributed by atoms with Crippen LogP contribution in [0.5, 0.6) is 23.0 Å². The highest BCUT2D eigenvalue weighted by Gasteiger charge is 2.22. The molecule has 0 radical (unpaired) electrons.